The highest BCUT2D eigenvalue weighted by Gasteiger charge is 2.29. The molecule has 0 aliphatic heterocycles. The van der Waals surface area contributed by atoms with Gasteiger partial charge in [0.1, 0.15) is 18.8 Å². The molecule has 1 heterocycles. The Morgan fingerprint density at radius 2 is 1.73 bits per heavy atom. The molecule has 1 aliphatic carbocycles. The minimum atomic E-state index is -1.13. The van der Waals surface area contributed by atoms with Crippen LogP contribution < -0.4 is 5.32 Å². The van der Waals surface area contributed by atoms with E-state index in [0.29, 0.717) is 4.88 Å². The molecule has 0 fully saturated rings. The van der Waals surface area contributed by atoms with Crippen LogP contribution in [-0.4, -0.2) is 35.6 Å². The van der Waals surface area contributed by atoms with E-state index in [9.17, 15) is 15.0 Å². The molecule has 0 spiro atoms. The zero-order valence-electron chi connectivity index (χ0n) is 16.3. The van der Waals surface area contributed by atoms with Crippen molar-refractivity contribution in [3.05, 3.63) is 80.0 Å². The van der Waals surface area contributed by atoms with E-state index in [4.69, 9.17) is 4.74 Å². The molecule has 0 saturated carbocycles. The van der Waals surface area contributed by atoms with E-state index in [0.717, 1.165) is 31.6 Å². The third kappa shape index (κ3) is 4.16. The van der Waals surface area contributed by atoms with Crippen LogP contribution in [0.5, 0.6) is 0 Å². The Labute approximate surface area is 187 Å². The van der Waals surface area contributed by atoms with Crippen LogP contribution in [0.1, 0.15) is 33.6 Å². The van der Waals surface area contributed by atoms with E-state index < -0.39 is 18.3 Å². The van der Waals surface area contributed by atoms with Crippen molar-refractivity contribution in [1.82, 2.24) is 5.32 Å². The van der Waals surface area contributed by atoms with E-state index in [1.165, 1.54) is 11.3 Å². The SMILES string of the molecule is Cc1cc(C(O)C(O)CNC(=O)OCC2c3ccccc3-c3ccccc32)sc1Br. The second kappa shape index (κ2) is 8.89. The van der Waals surface area contributed by atoms with Gasteiger partial charge in [-0.05, 0) is 56.7 Å². The van der Waals surface area contributed by atoms with Gasteiger partial charge in [-0.25, -0.2) is 4.79 Å². The number of carbonyl (C=O) groups is 1. The molecule has 1 aliphatic rings. The molecule has 0 saturated heterocycles. The number of rotatable bonds is 6. The summed E-state index contributed by atoms with van der Waals surface area (Å²) in [7, 11) is 0. The predicted molar refractivity (Wildman–Crippen MR) is 121 cm³/mol. The molecule has 30 heavy (non-hydrogen) atoms. The van der Waals surface area contributed by atoms with Gasteiger partial charge in [-0.15, -0.1) is 11.3 Å². The maximum atomic E-state index is 12.2. The quantitative estimate of drug-likeness (QED) is 0.468. The van der Waals surface area contributed by atoms with Crippen molar-refractivity contribution in [2.75, 3.05) is 13.2 Å². The third-order valence-electron chi connectivity index (χ3n) is 5.33. The van der Waals surface area contributed by atoms with Crippen molar-refractivity contribution in [3.8, 4) is 11.1 Å². The largest absolute Gasteiger partial charge is 0.449 e. The number of thiophene rings is 1. The smallest absolute Gasteiger partial charge is 0.407 e. The lowest BCUT2D eigenvalue weighted by molar-refractivity contribution is 0.0206. The van der Waals surface area contributed by atoms with Gasteiger partial charge < -0.3 is 20.3 Å². The van der Waals surface area contributed by atoms with Crippen LogP contribution in [0.4, 0.5) is 4.79 Å². The molecule has 4 rings (SSSR count). The summed E-state index contributed by atoms with van der Waals surface area (Å²) in [5, 5.41) is 23.1. The van der Waals surface area contributed by atoms with Crippen molar-refractivity contribution < 1.29 is 19.7 Å². The van der Waals surface area contributed by atoms with E-state index in [-0.39, 0.29) is 19.1 Å². The highest BCUT2D eigenvalue weighted by Crippen LogP contribution is 2.44. The summed E-state index contributed by atoms with van der Waals surface area (Å²) >= 11 is 4.77. The number of fused-ring (bicyclic) bond motifs is 3. The fraction of sp³-hybridized carbons (Fsp3) is 0.261. The van der Waals surface area contributed by atoms with Crippen LogP contribution in [0.15, 0.2) is 58.4 Å². The summed E-state index contributed by atoms with van der Waals surface area (Å²) in [5.41, 5.74) is 5.60. The lowest BCUT2D eigenvalue weighted by Crippen LogP contribution is -2.36. The number of aliphatic hydroxyl groups is 2. The number of carbonyl (C=O) groups excluding carboxylic acids is 1. The average Bonchev–Trinajstić information content (AvgIpc) is 3.27. The normalized spacial score (nSPS) is 14.7. The Bertz CT molecular complexity index is 1000. The summed E-state index contributed by atoms with van der Waals surface area (Å²) in [6.45, 7) is 2.01. The minimum absolute atomic E-state index is 0.0230. The van der Waals surface area contributed by atoms with Gasteiger partial charge in [-0.1, -0.05) is 48.5 Å². The number of aliphatic hydroxyl groups excluding tert-OH is 2. The van der Waals surface area contributed by atoms with Gasteiger partial charge in [-0.3, -0.25) is 0 Å². The number of hydrogen-bond acceptors (Lipinski definition) is 5. The molecule has 3 N–H and O–H groups in total. The topological polar surface area (TPSA) is 78.8 Å². The summed E-state index contributed by atoms with van der Waals surface area (Å²) in [5.74, 6) is -0.0230. The van der Waals surface area contributed by atoms with E-state index in [1.54, 1.807) is 0 Å². The number of hydrogen-bond donors (Lipinski definition) is 3. The first-order valence-electron chi connectivity index (χ1n) is 9.66. The number of benzene rings is 2. The molecule has 3 aromatic rings. The van der Waals surface area contributed by atoms with Crippen molar-refractivity contribution in [2.24, 2.45) is 0 Å². The number of amides is 1. The zero-order valence-corrected chi connectivity index (χ0v) is 18.7. The second-order valence-electron chi connectivity index (χ2n) is 7.32. The molecule has 7 heteroatoms. The van der Waals surface area contributed by atoms with Gasteiger partial charge in [-0.2, -0.15) is 0 Å². The summed E-state index contributed by atoms with van der Waals surface area (Å²) in [6.07, 6.45) is -2.82. The highest BCUT2D eigenvalue weighted by atomic mass is 79.9. The highest BCUT2D eigenvalue weighted by molar-refractivity contribution is 9.11. The summed E-state index contributed by atoms with van der Waals surface area (Å²) in [6, 6.07) is 18.1. The number of aryl methyl sites for hydroxylation is 1. The first kappa shape index (κ1) is 21.1. The number of alkyl carbamates (subject to hydrolysis) is 1. The number of halogens is 1. The van der Waals surface area contributed by atoms with Gasteiger partial charge in [0.2, 0.25) is 0 Å². The maximum Gasteiger partial charge on any atom is 0.407 e. The van der Waals surface area contributed by atoms with E-state index in [1.807, 2.05) is 37.3 Å². The average molecular weight is 488 g/mol. The summed E-state index contributed by atoms with van der Waals surface area (Å²) in [4.78, 5) is 12.9. The van der Waals surface area contributed by atoms with Crippen LogP contribution in [0.25, 0.3) is 11.1 Å². The van der Waals surface area contributed by atoms with Crippen molar-refractivity contribution >= 4 is 33.4 Å². The van der Waals surface area contributed by atoms with Gasteiger partial charge in [0, 0.05) is 17.3 Å². The molecule has 1 aromatic heterocycles. The van der Waals surface area contributed by atoms with Crippen LogP contribution in [0.3, 0.4) is 0 Å². The Kier molecular flexibility index (Phi) is 6.24. The lowest BCUT2D eigenvalue weighted by Gasteiger charge is -2.18. The fourth-order valence-corrected chi connectivity index (χ4v) is 5.38. The molecule has 2 aromatic carbocycles. The lowest BCUT2D eigenvalue weighted by atomic mass is 9.98. The van der Waals surface area contributed by atoms with Crippen LogP contribution in [-0.2, 0) is 4.74 Å². The van der Waals surface area contributed by atoms with E-state index >= 15 is 0 Å². The number of ether oxygens (including phenoxy) is 1. The third-order valence-corrected chi connectivity index (χ3v) is 7.54. The standard InChI is InChI=1S/C23H22BrNO4S/c1-13-10-20(30-22(13)24)21(27)19(26)11-25-23(28)29-12-18-16-8-4-2-6-14(16)15-7-3-5-9-17(15)18/h2-10,18-19,21,26-27H,11-12H2,1H3,(H,25,28). The Morgan fingerprint density at radius 3 is 2.30 bits per heavy atom. The molecule has 5 nitrogen and oxygen atoms in total. The van der Waals surface area contributed by atoms with Crippen molar-refractivity contribution in [2.45, 2.75) is 25.0 Å². The second-order valence-corrected chi connectivity index (χ2v) is 9.73. The number of nitrogens with one attached hydrogen (secondary N) is 1. The van der Waals surface area contributed by atoms with Crippen LogP contribution in [0.2, 0.25) is 0 Å². The monoisotopic (exact) mass is 487 g/mol. The molecular formula is C23H22BrNO4S. The Balaban J connectivity index is 1.34. The fourth-order valence-electron chi connectivity index (χ4n) is 3.77. The Hall–Kier alpha value is -2.19. The van der Waals surface area contributed by atoms with E-state index in [2.05, 4.69) is 45.5 Å². The first-order chi connectivity index (χ1) is 14.5. The molecule has 1 amide bonds. The van der Waals surface area contributed by atoms with Crippen LogP contribution in [0, 0.1) is 6.92 Å². The van der Waals surface area contributed by atoms with Gasteiger partial charge in [0.05, 0.1) is 3.79 Å². The van der Waals surface area contributed by atoms with Crippen molar-refractivity contribution in [3.63, 3.8) is 0 Å². The van der Waals surface area contributed by atoms with Gasteiger partial charge in [0.15, 0.2) is 0 Å². The van der Waals surface area contributed by atoms with Gasteiger partial charge >= 0.3 is 6.09 Å². The minimum Gasteiger partial charge on any atom is -0.449 e. The van der Waals surface area contributed by atoms with Crippen LogP contribution >= 0.6 is 27.3 Å². The van der Waals surface area contributed by atoms with Crippen molar-refractivity contribution in [1.29, 1.82) is 0 Å². The molecule has 156 valence electrons. The first-order valence-corrected chi connectivity index (χ1v) is 11.3. The molecule has 2 unspecified atom stereocenters. The zero-order chi connectivity index (χ0) is 21.3. The molecular weight excluding hydrogens is 466 g/mol. The maximum absolute atomic E-state index is 12.2. The molecule has 0 bridgehead atoms. The predicted octanol–water partition coefficient (Wildman–Crippen LogP) is 4.75. The summed E-state index contributed by atoms with van der Waals surface area (Å²) < 4.78 is 6.36. The van der Waals surface area contributed by atoms with Gasteiger partial charge in [0.25, 0.3) is 0 Å². The Morgan fingerprint density at radius 1 is 1.13 bits per heavy atom. The molecule has 2 atom stereocenters. The molecule has 0 radical (unpaired) electrons.